The Morgan fingerprint density at radius 3 is 2.51 bits per heavy atom. The van der Waals surface area contributed by atoms with Crippen LogP contribution in [0.5, 0.6) is 0 Å². The maximum Gasteiger partial charge on any atom is 0.208 e. The highest BCUT2D eigenvalue weighted by molar-refractivity contribution is 6.14. The summed E-state index contributed by atoms with van der Waals surface area (Å²) < 4.78 is 45.5. The Labute approximate surface area is 226 Å². The first-order valence-electron chi connectivity index (χ1n) is 13.1. The number of aromatic nitrogens is 2. The molecule has 1 aliphatic heterocycles. The van der Waals surface area contributed by atoms with Gasteiger partial charge in [0, 0.05) is 36.0 Å². The molecule has 1 aromatic heterocycles. The number of nitrogens with zero attached hydrogens (tertiary/aromatic N) is 4. The smallest absolute Gasteiger partial charge is 0.208 e. The molecule has 1 atom stereocenters. The van der Waals surface area contributed by atoms with Crippen LogP contribution in [0.2, 0.25) is 0 Å². The largest absolute Gasteiger partial charge is 0.380 e. The van der Waals surface area contributed by atoms with Crippen molar-refractivity contribution in [1.82, 2.24) is 9.55 Å². The van der Waals surface area contributed by atoms with Crippen molar-refractivity contribution in [1.29, 1.82) is 0 Å². The molecular weight excluding hydrogens is 499 g/mol. The topological polar surface area (TPSA) is 45.5 Å². The Kier molecular flexibility index (Phi) is 7.46. The van der Waals surface area contributed by atoms with Gasteiger partial charge in [0.15, 0.2) is 6.30 Å². The third-order valence-electron chi connectivity index (χ3n) is 7.04. The standard InChI is InChI=1S/C31H32F3N5/c1-19(2)35-30(22-8-7-9-23(33)17-22)25-18-26(34)28(16-20(25)3)36-24-12-14-38(15-13-24)31-37-27-10-5-6-11-29(27)39(31)21(4)32/h5-11,16-18,21,24,36H,1,12-15H2,2-4H3. The van der Waals surface area contributed by atoms with Crippen LogP contribution >= 0.6 is 0 Å². The van der Waals surface area contributed by atoms with E-state index in [1.807, 2.05) is 31.2 Å². The summed E-state index contributed by atoms with van der Waals surface area (Å²) >= 11 is 0. The molecule has 1 saturated heterocycles. The van der Waals surface area contributed by atoms with Crippen LogP contribution < -0.4 is 10.2 Å². The van der Waals surface area contributed by atoms with Crippen molar-refractivity contribution < 1.29 is 13.2 Å². The van der Waals surface area contributed by atoms with Crippen LogP contribution in [0.4, 0.5) is 24.8 Å². The number of rotatable bonds is 7. The van der Waals surface area contributed by atoms with Gasteiger partial charge in [0.1, 0.15) is 11.6 Å². The normalized spacial score (nSPS) is 15.5. The molecule has 4 aromatic rings. The van der Waals surface area contributed by atoms with E-state index in [-0.39, 0.29) is 11.9 Å². The van der Waals surface area contributed by atoms with E-state index in [1.165, 1.54) is 25.1 Å². The minimum absolute atomic E-state index is 0.0494. The lowest BCUT2D eigenvalue weighted by molar-refractivity contribution is 0.274. The lowest BCUT2D eigenvalue weighted by Crippen LogP contribution is -2.40. The summed E-state index contributed by atoms with van der Waals surface area (Å²) in [7, 11) is 0. The summed E-state index contributed by atoms with van der Waals surface area (Å²) in [6.45, 7) is 10.3. The van der Waals surface area contributed by atoms with Gasteiger partial charge in [-0.15, -0.1) is 0 Å². The van der Waals surface area contributed by atoms with Crippen molar-refractivity contribution in [3.05, 3.63) is 101 Å². The van der Waals surface area contributed by atoms with Gasteiger partial charge in [-0.25, -0.2) is 18.2 Å². The third kappa shape index (κ3) is 5.55. The summed E-state index contributed by atoms with van der Waals surface area (Å²) in [6.07, 6.45) is 0.287. The van der Waals surface area contributed by atoms with E-state index in [4.69, 9.17) is 4.98 Å². The first-order valence-corrected chi connectivity index (χ1v) is 13.1. The molecule has 0 bridgehead atoms. The monoisotopic (exact) mass is 531 g/mol. The van der Waals surface area contributed by atoms with E-state index in [0.717, 1.165) is 29.4 Å². The van der Waals surface area contributed by atoms with E-state index in [9.17, 15) is 8.78 Å². The minimum Gasteiger partial charge on any atom is -0.380 e. The lowest BCUT2D eigenvalue weighted by Gasteiger charge is -2.34. The molecule has 5 rings (SSSR count). The number of piperidine rings is 1. The van der Waals surface area contributed by atoms with Gasteiger partial charge in [-0.3, -0.25) is 9.56 Å². The molecule has 1 unspecified atom stereocenters. The van der Waals surface area contributed by atoms with Crippen molar-refractivity contribution in [3.8, 4) is 0 Å². The van der Waals surface area contributed by atoms with E-state index in [2.05, 4.69) is 21.8 Å². The first kappa shape index (κ1) is 26.5. The summed E-state index contributed by atoms with van der Waals surface area (Å²) in [5.74, 6) is -0.171. The molecule has 0 aliphatic carbocycles. The molecule has 39 heavy (non-hydrogen) atoms. The van der Waals surface area contributed by atoms with Crippen molar-refractivity contribution in [2.45, 2.75) is 46.0 Å². The summed E-state index contributed by atoms with van der Waals surface area (Å²) in [6, 6.07) is 16.9. The number of aliphatic imine (C=N–C) groups is 1. The van der Waals surface area contributed by atoms with Crippen molar-refractivity contribution >= 4 is 28.4 Å². The van der Waals surface area contributed by atoms with Crippen molar-refractivity contribution in [3.63, 3.8) is 0 Å². The van der Waals surface area contributed by atoms with Crippen LogP contribution in [0.3, 0.4) is 0 Å². The fraction of sp³-hybridized carbons (Fsp3) is 0.290. The number of fused-ring (bicyclic) bond motifs is 1. The predicted molar refractivity (Wildman–Crippen MR) is 152 cm³/mol. The van der Waals surface area contributed by atoms with Gasteiger partial charge >= 0.3 is 0 Å². The van der Waals surface area contributed by atoms with Gasteiger partial charge in [0.2, 0.25) is 5.95 Å². The van der Waals surface area contributed by atoms with E-state index < -0.39 is 12.1 Å². The maximum atomic E-state index is 15.4. The second-order valence-electron chi connectivity index (χ2n) is 10.1. The Balaban J connectivity index is 1.34. The zero-order chi connectivity index (χ0) is 27.7. The Morgan fingerprint density at radius 1 is 1.08 bits per heavy atom. The SMILES string of the molecule is C=C(C)N=C(c1cccc(F)c1)c1cc(F)c(NC2CCN(c3nc4ccccc4n3C(C)F)CC2)cc1C. The van der Waals surface area contributed by atoms with Crippen LogP contribution in [0.25, 0.3) is 11.0 Å². The fourth-order valence-corrected chi connectivity index (χ4v) is 5.20. The van der Waals surface area contributed by atoms with Crippen LogP contribution in [0, 0.1) is 18.6 Å². The van der Waals surface area contributed by atoms with Gasteiger partial charge < -0.3 is 10.2 Å². The van der Waals surface area contributed by atoms with E-state index >= 15 is 4.39 Å². The van der Waals surface area contributed by atoms with Crippen LogP contribution in [0.1, 0.15) is 49.7 Å². The highest BCUT2D eigenvalue weighted by Crippen LogP contribution is 2.31. The van der Waals surface area contributed by atoms with Crippen molar-refractivity contribution in [2.75, 3.05) is 23.3 Å². The Bertz CT molecular complexity index is 1550. The van der Waals surface area contributed by atoms with Gasteiger partial charge in [0.05, 0.1) is 22.4 Å². The average molecular weight is 532 g/mol. The molecular formula is C31H32F3N5. The molecule has 1 N–H and O–H groups in total. The highest BCUT2D eigenvalue weighted by Gasteiger charge is 2.26. The van der Waals surface area contributed by atoms with Gasteiger partial charge in [-0.05, 0) is 75.6 Å². The zero-order valence-corrected chi connectivity index (χ0v) is 22.4. The molecule has 1 fully saturated rings. The fourth-order valence-electron chi connectivity index (χ4n) is 5.20. The third-order valence-corrected chi connectivity index (χ3v) is 7.04. The second kappa shape index (κ2) is 11.0. The van der Waals surface area contributed by atoms with Crippen LogP contribution in [-0.2, 0) is 0 Å². The number of alkyl halides is 1. The van der Waals surface area contributed by atoms with Gasteiger partial charge in [0.25, 0.3) is 0 Å². The molecule has 5 nitrogen and oxygen atoms in total. The molecule has 0 spiro atoms. The number of halogens is 3. The Morgan fingerprint density at radius 2 is 1.82 bits per heavy atom. The average Bonchev–Trinajstić information content (AvgIpc) is 3.30. The van der Waals surface area contributed by atoms with E-state index in [1.54, 1.807) is 29.7 Å². The van der Waals surface area contributed by atoms with Gasteiger partial charge in [-0.2, -0.15) is 0 Å². The Hall–Kier alpha value is -4.07. The minimum atomic E-state index is -1.20. The summed E-state index contributed by atoms with van der Waals surface area (Å²) in [5, 5.41) is 3.36. The number of benzene rings is 3. The number of aryl methyl sites for hydroxylation is 1. The molecule has 202 valence electrons. The molecule has 0 radical (unpaired) electrons. The van der Waals surface area contributed by atoms with Crippen LogP contribution in [0.15, 0.2) is 77.9 Å². The molecule has 1 aliphatic rings. The summed E-state index contributed by atoms with van der Waals surface area (Å²) in [5.41, 5.74) is 4.92. The number of imidazole rings is 1. The van der Waals surface area contributed by atoms with Crippen molar-refractivity contribution in [2.24, 2.45) is 4.99 Å². The molecule has 8 heteroatoms. The lowest BCUT2D eigenvalue weighted by atomic mass is 9.96. The molecule has 3 aromatic carbocycles. The quantitative estimate of drug-likeness (QED) is 0.250. The molecule has 2 heterocycles. The van der Waals surface area contributed by atoms with E-state index in [0.29, 0.717) is 47.3 Å². The first-order chi connectivity index (χ1) is 18.7. The molecule has 0 amide bonds. The number of allylic oxidation sites excluding steroid dienone is 1. The number of hydrogen-bond acceptors (Lipinski definition) is 4. The maximum absolute atomic E-state index is 15.4. The number of anilines is 2. The highest BCUT2D eigenvalue weighted by atomic mass is 19.1. The van der Waals surface area contributed by atoms with Crippen LogP contribution in [-0.4, -0.2) is 34.4 Å². The second-order valence-corrected chi connectivity index (χ2v) is 10.1. The summed E-state index contributed by atoms with van der Waals surface area (Å²) in [4.78, 5) is 11.3. The number of nitrogens with one attached hydrogen (secondary N) is 1. The predicted octanol–water partition coefficient (Wildman–Crippen LogP) is 7.56. The number of hydrogen-bond donors (Lipinski definition) is 1. The number of para-hydroxylation sites is 2. The molecule has 0 saturated carbocycles. The zero-order valence-electron chi connectivity index (χ0n) is 22.4. The van der Waals surface area contributed by atoms with Gasteiger partial charge in [-0.1, -0.05) is 30.8 Å².